The van der Waals surface area contributed by atoms with Crippen molar-refractivity contribution in [3.8, 4) is 0 Å². The molecule has 0 aliphatic rings. The summed E-state index contributed by atoms with van der Waals surface area (Å²) in [5.41, 5.74) is 0.0329. The lowest BCUT2D eigenvalue weighted by Crippen LogP contribution is -2.59. The summed E-state index contributed by atoms with van der Waals surface area (Å²) < 4.78 is 0. The Morgan fingerprint density at radius 2 is 1.69 bits per heavy atom. The van der Waals surface area contributed by atoms with E-state index in [2.05, 4.69) is 36.7 Å². The fourth-order valence-corrected chi connectivity index (χ4v) is 1.16. The molecule has 0 amide bonds. The number of likely N-dealkylation sites (N-methyl/N-ethyl adjacent to an activating group) is 1. The summed E-state index contributed by atoms with van der Waals surface area (Å²) in [6.45, 7) is 9.67. The van der Waals surface area contributed by atoms with E-state index in [0.29, 0.717) is 0 Å². The van der Waals surface area contributed by atoms with Gasteiger partial charge in [-0.1, -0.05) is 13.8 Å². The van der Waals surface area contributed by atoms with E-state index in [9.17, 15) is 0 Å². The normalized spacial score (nSPS) is 15.7. The van der Waals surface area contributed by atoms with Crippen LogP contribution in [-0.2, 0) is 0 Å². The molecule has 13 heavy (non-hydrogen) atoms. The zero-order chi connectivity index (χ0) is 10.2. The molecule has 0 aromatic rings. The monoisotopic (exact) mass is 187 g/mol. The van der Waals surface area contributed by atoms with Gasteiger partial charge in [0.2, 0.25) is 0 Å². The Morgan fingerprint density at radius 3 is 2.15 bits per heavy atom. The third kappa shape index (κ3) is 6.02. The van der Waals surface area contributed by atoms with Crippen LogP contribution in [0.1, 0.15) is 33.6 Å². The van der Waals surface area contributed by atoms with Gasteiger partial charge in [0.05, 0.1) is 5.66 Å². The van der Waals surface area contributed by atoms with Gasteiger partial charge in [0, 0.05) is 6.54 Å². The molecule has 1 atom stereocenters. The minimum atomic E-state index is 0.0329. The summed E-state index contributed by atoms with van der Waals surface area (Å²) in [6, 6.07) is 0. The molecule has 0 aromatic heterocycles. The number of hydrogen-bond acceptors (Lipinski definition) is 3. The average molecular weight is 187 g/mol. The van der Waals surface area contributed by atoms with Gasteiger partial charge in [0.25, 0.3) is 0 Å². The van der Waals surface area contributed by atoms with Gasteiger partial charge in [-0.3, -0.25) is 5.32 Å². The van der Waals surface area contributed by atoms with Crippen molar-refractivity contribution in [3.63, 3.8) is 0 Å². The van der Waals surface area contributed by atoms with Crippen molar-refractivity contribution in [3.05, 3.63) is 0 Å². The summed E-state index contributed by atoms with van der Waals surface area (Å²) in [5.74, 6) is 0. The smallest absolute Gasteiger partial charge is 0.0783 e. The lowest BCUT2D eigenvalue weighted by Gasteiger charge is -2.31. The Kier molecular flexibility index (Phi) is 7.23. The highest BCUT2D eigenvalue weighted by Gasteiger charge is 2.18. The van der Waals surface area contributed by atoms with Crippen molar-refractivity contribution in [1.29, 1.82) is 0 Å². The van der Waals surface area contributed by atoms with Crippen molar-refractivity contribution < 1.29 is 0 Å². The zero-order valence-corrected chi connectivity index (χ0v) is 9.54. The molecule has 0 bridgehead atoms. The van der Waals surface area contributed by atoms with Crippen molar-refractivity contribution in [2.24, 2.45) is 0 Å². The third-order valence-electron chi connectivity index (χ3n) is 2.22. The van der Waals surface area contributed by atoms with Crippen molar-refractivity contribution in [2.75, 3.05) is 26.7 Å². The fourth-order valence-electron chi connectivity index (χ4n) is 1.16. The van der Waals surface area contributed by atoms with Gasteiger partial charge in [-0.05, 0) is 39.9 Å². The Balaban J connectivity index is 3.67. The van der Waals surface area contributed by atoms with Crippen LogP contribution in [0.2, 0.25) is 0 Å². The van der Waals surface area contributed by atoms with Gasteiger partial charge in [-0.2, -0.15) is 0 Å². The molecule has 0 rings (SSSR count). The van der Waals surface area contributed by atoms with E-state index < -0.39 is 0 Å². The molecule has 1 unspecified atom stereocenters. The van der Waals surface area contributed by atoms with Gasteiger partial charge >= 0.3 is 0 Å². The maximum atomic E-state index is 3.48. The van der Waals surface area contributed by atoms with Gasteiger partial charge in [0.15, 0.2) is 0 Å². The predicted octanol–water partition coefficient (Wildman–Crippen LogP) is 0.921. The first-order valence-electron chi connectivity index (χ1n) is 5.33. The van der Waals surface area contributed by atoms with Crippen molar-refractivity contribution >= 4 is 0 Å². The first kappa shape index (κ1) is 12.9. The fraction of sp³-hybridized carbons (Fsp3) is 1.00. The van der Waals surface area contributed by atoms with Crippen LogP contribution in [0.25, 0.3) is 0 Å². The summed E-state index contributed by atoms with van der Waals surface area (Å²) in [7, 11) is 2.00. The first-order chi connectivity index (χ1) is 6.18. The molecule has 80 valence electrons. The second-order valence-electron chi connectivity index (χ2n) is 3.69. The highest BCUT2D eigenvalue weighted by atomic mass is 15.2. The Hall–Kier alpha value is -0.120. The van der Waals surface area contributed by atoms with E-state index in [0.717, 1.165) is 19.6 Å². The molecule has 0 spiro atoms. The van der Waals surface area contributed by atoms with Crippen LogP contribution >= 0.6 is 0 Å². The van der Waals surface area contributed by atoms with E-state index in [1.807, 2.05) is 7.05 Å². The molecule has 3 heteroatoms. The van der Waals surface area contributed by atoms with Crippen LogP contribution in [0.15, 0.2) is 0 Å². The van der Waals surface area contributed by atoms with Gasteiger partial charge in [-0.15, -0.1) is 0 Å². The Labute approximate surface area is 82.7 Å². The molecule has 0 aliphatic heterocycles. The van der Waals surface area contributed by atoms with E-state index >= 15 is 0 Å². The van der Waals surface area contributed by atoms with Crippen LogP contribution in [0, 0.1) is 0 Å². The highest BCUT2D eigenvalue weighted by molar-refractivity contribution is 4.80. The standard InChI is InChI=1S/C10H25N3/c1-5-7-12-9-10(3,11-4)13-8-6-2/h11-13H,5-9H2,1-4H3. The first-order valence-corrected chi connectivity index (χ1v) is 5.33. The molecule has 3 N–H and O–H groups in total. The quantitative estimate of drug-likeness (QED) is 0.391. The van der Waals surface area contributed by atoms with Gasteiger partial charge < -0.3 is 10.6 Å². The molecule has 0 heterocycles. The lowest BCUT2D eigenvalue weighted by molar-refractivity contribution is 0.290. The predicted molar refractivity (Wildman–Crippen MR) is 58.9 cm³/mol. The number of hydrogen-bond donors (Lipinski definition) is 3. The molecule has 0 saturated heterocycles. The Morgan fingerprint density at radius 1 is 1.08 bits per heavy atom. The second kappa shape index (κ2) is 7.30. The molecule has 0 saturated carbocycles. The van der Waals surface area contributed by atoms with Crippen molar-refractivity contribution in [1.82, 2.24) is 16.0 Å². The Bertz CT molecular complexity index is 117. The highest BCUT2D eigenvalue weighted by Crippen LogP contribution is 1.95. The van der Waals surface area contributed by atoms with E-state index in [1.54, 1.807) is 0 Å². The largest absolute Gasteiger partial charge is 0.314 e. The third-order valence-corrected chi connectivity index (χ3v) is 2.22. The maximum absolute atomic E-state index is 3.48. The van der Waals surface area contributed by atoms with Crippen LogP contribution < -0.4 is 16.0 Å². The van der Waals surface area contributed by atoms with E-state index in [1.165, 1.54) is 12.8 Å². The molecule has 0 radical (unpaired) electrons. The summed E-state index contributed by atoms with van der Waals surface area (Å²) in [4.78, 5) is 0. The van der Waals surface area contributed by atoms with Crippen LogP contribution in [0.3, 0.4) is 0 Å². The van der Waals surface area contributed by atoms with Crippen LogP contribution in [-0.4, -0.2) is 32.3 Å². The molecule has 3 nitrogen and oxygen atoms in total. The summed E-state index contributed by atoms with van der Waals surface area (Å²) in [6.07, 6.45) is 2.36. The molecule has 0 aromatic carbocycles. The zero-order valence-electron chi connectivity index (χ0n) is 9.54. The van der Waals surface area contributed by atoms with E-state index in [-0.39, 0.29) is 5.66 Å². The van der Waals surface area contributed by atoms with E-state index in [4.69, 9.17) is 0 Å². The van der Waals surface area contributed by atoms with Crippen molar-refractivity contribution in [2.45, 2.75) is 39.3 Å². The van der Waals surface area contributed by atoms with Crippen LogP contribution in [0.4, 0.5) is 0 Å². The van der Waals surface area contributed by atoms with Gasteiger partial charge in [0.1, 0.15) is 0 Å². The topological polar surface area (TPSA) is 36.1 Å². The number of nitrogens with one attached hydrogen (secondary N) is 3. The molecule has 0 aliphatic carbocycles. The van der Waals surface area contributed by atoms with Gasteiger partial charge in [-0.25, -0.2) is 0 Å². The maximum Gasteiger partial charge on any atom is 0.0783 e. The SMILES string of the molecule is CCCNCC(C)(NC)NCCC. The molecule has 0 fully saturated rings. The minimum Gasteiger partial charge on any atom is -0.314 e. The molecular weight excluding hydrogens is 162 g/mol. The van der Waals surface area contributed by atoms with Crippen LogP contribution in [0.5, 0.6) is 0 Å². The summed E-state index contributed by atoms with van der Waals surface area (Å²) in [5, 5.41) is 10.2. The number of rotatable bonds is 8. The lowest BCUT2D eigenvalue weighted by atomic mass is 10.2. The summed E-state index contributed by atoms with van der Waals surface area (Å²) >= 11 is 0. The average Bonchev–Trinajstić information content (AvgIpc) is 2.15. The minimum absolute atomic E-state index is 0.0329. The molecular formula is C10H25N3. The second-order valence-corrected chi connectivity index (χ2v) is 3.69.